The highest BCUT2D eigenvalue weighted by Crippen LogP contribution is 2.27. The van der Waals surface area contributed by atoms with Crippen LogP contribution in [-0.4, -0.2) is 30.6 Å². The van der Waals surface area contributed by atoms with Crippen molar-refractivity contribution in [1.29, 1.82) is 0 Å². The molecule has 0 bridgehead atoms. The summed E-state index contributed by atoms with van der Waals surface area (Å²) in [6.07, 6.45) is 0. The summed E-state index contributed by atoms with van der Waals surface area (Å²) < 4.78 is 0. The van der Waals surface area contributed by atoms with Crippen molar-refractivity contribution in [3.05, 3.63) is 34.4 Å². The lowest BCUT2D eigenvalue weighted by Crippen LogP contribution is -2.48. The molecule has 112 valence electrons. The van der Waals surface area contributed by atoms with Crippen LogP contribution in [0, 0.1) is 13.8 Å². The summed E-state index contributed by atoms with van der Waals surface area (Å²) in [5.41, 5.74) is 6.09. The number of hydrogen-bond donors (Lipinski definition) is 1. The van der Waals surface area contributed by atoms with Gasteiger partial charge in [-0.15, -0.1) is 0 Å². The average Bonchev–Trinajstić information content (AvgIpc) is 2.32. The van der Waals surface area contributed by atoms with Crippen molar-refractivity contribution in [2.24, 2.45) is 0 Å². The van der Waals surface area contributed by atoms with Gasteiger partial charge in [-0.2, -0.15) is 0 Å². The van der Waals surface area contributed by atoms with Gasteiger partial charge in [-0.1, -0.05) is 32.9 Å². The molecule has 2 nitrogen and oxygen atoms in total. The predicted octanol–water partition coefficient (Wildman–Crippen LogP) is 3.39. The molecule has 1 aromatic rings. The van der Waals surface area contributed by atoms with Crippen LogP contribution in [0.15, 0.2) is 12.1 Å². The molecule has 0 amide bonds. The number of piperazine rings is 1. The SMILES string of the molecule is Cc1cc(C(C)(C)C)cc(C)c1CN1CCN[C@H](C)C1. The van der Waals surface area contributed by atoms with Gasteiger partial charge in [0.05, 0.1) is 0 Å². The molecule has 1 aliphatic heterocycles. The highest BCUT2D eigenvalue weighted by Gasteiger charge is 2.19. The molecule has 0 aromatic heterocycles. The van der Waals surface area contributed by atoms with E-state index in [1.807, 2.05) is 0 Å². The molecule has 1 heterocycles. The molecule has 1 aromatic carbocycles. The van der Waals surface area contributed by atoms with Crippen LogP contribution >= 0.6 is 0 Å². The van der Waals surface area contributed by atoms with Gasteiger partial charge < -0.3 is 5.32 Å². The second-order valence-corrected chi connectivity index (χ2v) is 7.43. The molecule has 1 N–H and O–H groups in total. The topological polar surface area (TPSA) is 15.3 Å². The molecule has 1 aliphatic rings. The quantitative estimate of drug-likeness (QED) is 0.889. The highest BCUT2D eigenvalue weighted by molar-refractivity contribution is 5.40. The third-order valence-corrected chi connectivity index (χ3v) is 4.40. The van der Waals surface area contributed by atoms with Gasteiger partial charge in [0.25, 0.3) is 0 Å². The minimum absolute atomic E-state index is 0.234. The number of aryl methyl sites for hydroxylation is 2. The van der Waals surface area contributed by atoms with Crippen molar-refractivity contribution in [3.63, 3.8) is 0 Å². The molecular weight excluding hydrogens is 244 g/mol. The summed E-state index contributed by atoms with van der Waals surface area (Å²) in [7, 11) is 0. The molecule has 0 aliphatic carbocycles. The number of hydrogen-bond acceptors (Lipinski definition) is 2. The lowest BCUT2D eigenvalue weighted by atomic mass is 9.83. The summed E-state index contributed by atoms with van der Waals surface area (Å²) >= 11 is 0. The van der Waals surface area contributed by atoms with Crippen molar-refractivity contribution in [1.82, 2.24) is 10.2 Å². The van der Waals surface area contributed by atoms with Crippen molar-refractivity contribution >= 4 is 0 Å². The maximum Gasteiger partial charge on any atom is 0.0240 e. The normalized spacial score (nSPS) is 21.2. The molecule has 0 spiro atoms. The van der Waals surface area contributed by atoms with E-state index in [4.69, 9.17) is 0 Å². The maximum absolute atomic E-state index is 3.51. The minimum Gasteiger partial charge on any atom is -0.312 e. The Labute approximate surface area is 124 Å². The predicted molar refractivity (Wildman–Crippen MR) is 87.4 cm³/mol. The fourth-order valence-corrected chi connectivity index (χ4v) is 3.06. The first-order chi connectivity index (χ1) is 9.27. The van der Waals surface area contributed by atoms with Gasteiger partial charge in [0, 0.05) is 32.2 Å². The molecule has 0 radical (unpaired) electrons. The zero-order valence-corrected chi connectivity index (χ0v) is 14.0. The van der Waals surface area contributed by atoms with Gasteiger partial charge in [-0.05, 0) is 48.4 Å². The first-order valence-electron chi connectivity index (χ1n) is 7.83. The van der Waals surface area contributed by atoms with Crippen molar-refractivity contribution in [3.8, 4) is 0 Å². The summed E-state index contributed by atoms with van der Waals surface area (Å²) in [5, 5.41) is 3.51. The van der Waals surface area contributed by atoms with Crippen molar-refractivity contribution in [2.75, 3.05) is 19.6 Å². The summed E-state index contributed by atoms with van der Waals surface area (Å²) in [6, 6.07) is 5.38. The van der Waals surface area contributed by atoms with Crippen LogP contribution in [0.1, 0.15) is 49.9 Å². The van der Waals surface area contributed by atoms with E-state index in [9.17, 15) is 0 Å². The first kappa shape index (κ1) is 15.5. The van der Waals surface area contributed by atoms with Crippen molar-refractivity contribution in [2.45, 2.75) is 59.5 Å². The molecule has 2 heteroatoms. The minimum atomic E-state index is 0.234. The standard InChI is InChI=1S/C18H30N2/c1-13-9-16(18(4,5)6)10-14(2)17(13)12-20-8-7-19-15(3)11-20/h9-10,15,19H,7-8,11-12H2,1-6H3/t15-/m1/s1. The van der Waals surface area contributed by atoms with E-state index >= 15 is 0 Å². The summed E-state index contributed by atoms with van der Waals surface area (Å²) in [6.45, 7) is 18.2. The molecule has 1 atom stereocenters. The molecular formula is C18H30N2. The Morgan fingerprint density at radius 2 is 1.80 bits per heavy atom. The third kappa shape index (κ3) is 3.62. The van der Waals surface area contributed by atoms with Crippen LogP contribution in [0.25, 0.3) is 0 Å². The highest BCUT2D eigenvalue weighted by atomic mass is 15.2. The zero-order valence-electron chi connectivity index (χ0n) is 14.0. The van der Waals surface area contributed by atoms with E-state index in [1.165, 1.54) is 22.3 Å². The molecule has 1 fully saturated rings. The van der Waals surface area contributed by atoms with Gasteiger partial charge in [-0.3, -0.25) is 4.90 Å². The maximum atomic E-state index is 3.51. The lowest BCUT2D eigenvalue weighted by Gasteiger charge is -2.33. The Hall–Kier alpha value is -0.860. The van der Waals surface area contributed by atoms with Gasteiger partial charge in [0.2, 0.25) is 0 Å². The van der Waals surface area contributed by atoms with Gasteiger partial charge in [0.15, 0.2) is 0 Å². The first-order valence-corrected chi connectivity index (χ1v) is 7.83. The van der Waals surface area contributed by atoms with Gasteiger partial charge in [-0.25, -0.2) is 0 Å². The van der Waals surface area contributed by atoms with E-state index in [0.717, 1.165) is 26.2 Å². The fourth-order valence-electron chi connectivity index (χ4n) is 3.06. The Morgan fingerprint density at radius 3 is 2.30 bits per heavy atom. The largest absolute Gasteiger partial charge is 0.312 e. The molecule has 1 saturated heterocycles. The van der Waals surface area contributed by atoms with Crippen LogP contribution in [0.2, 0.25) is 0 Å². The second-order valence-electron chi connectivity index (χ2n) is 7.43. The van der Waals surface area contributed by atoms with E-state index in [-0.39, 0.29) is 5.41 Å². The Kier molecular flexibility index (Phi) is 4.55. The van der Waals surface area contributed by atoms with Crippen LogP contribution in [0.4, 0.5) is 0 Å². The molecule has 2 rings (SSSR count). The summed E-state index contributed by atoms with van der Waals surface area (Å²) in [4.78, 5) is 2.58. The number of nitrogens with one attached hydrogen (secondary N) is 1. The smallest absolute Gasteiger partial charge is 0.0240 e. The van der Waals surface area contributed by atoms with E-state index in [0.29, 0.717) is 6.04 Å². The molecule has 0 saturated carbocycles. The van der Waals surface area contributed by atoms with Crippen LogP contribution < -0.4 is 5.32 Å². The lowest BCUT2D eigenvalue weighted by molar-refractivity contribution is 0.199. The van der Waals surface area contributed by atoms with E-state index in [1.54, 1.807) is 0 Å². The number of benzene rings is 1. The average molecular weight is 274 g/mol. The Bertz CT molecular complexity index is 448. The molecule has 0 unspecified atom stereocenters. The molecule has 20 heavy (non-hydrogen) atoms. The number of nitrogens with zero attached hydrogens (tertiary/aromatic N) is 1. The van der Waals surface area contributed by atoms with E-state index < -0.39 is 0 Å². The summed E-state index contributed by atoms with van der Waals surface area (Å²) in [5.74, 6) is 0. The monoisotopic (exact) mass is 274 g/mol. The second kappa shape index (κ2) is 5.87. The Balaban J connectivity index is 2.20. The third-order valence-electron chi connectivity index (χ3n) is 4.40. The van der Waals surface area contributed by atoms with Crippen molar-refractivity contribution < 1.29 is 0 Å². The zero-order chi connectivity index (χ0) is 14.9. The number of rotatable bonds is 2. The van der Waals surface area contributed by atoms with Crippen LogP contribution in [-0.2, 0) is 12.0 Å². The van der Waals surface area contributed by atoms with Crippen LogP contribution in [0.3, 0.4) is 0 Å². The Morgan fingerprint density at radius 1 is 1.20 bits per heavy atom. The van der Waals surface area contributed by atoms with Crippen LogP contribution in [0.5, 0.6) is 0 Å². The van der Waals surface area contributed by atoms with Gasteiger partial charge >= 0.3 is 0 Å². The van der Waals surface area contributed by atoms with Gasteiger partial charge in [0.1, 0.15) is 0 Å². The fraction of sp³-hybridized carbons (Fsp3) is 0.667. The van der Waals surface area contributed by atoms with E-state index in [2.05, 4.69) is 63.9 Å².